The number of nitrogens with zero attached hydrogens (tertiary/aromatic N) is 2. The van der Waals surface area contributed by atoms with Crippen molar-refractivity contribution >= 4 is 23.3 Å². The molecule has 6 nitrogen and oxygen atoms in total. The van der Waals surface area contributed by atoms with Crippen LogP contribution in [0.15, 0.2) is 36.4 Å². The van der Waals surface area contributed by atoms with E-state index in [4.69, 9.17) is 9.47 Å². The molecule has 0 fully saturated rings. The summed E-state index contributed by atoms with van der Waals surface area (Å²) in [5.41, 5.74) is 6.76. The summed E-state index contributed by atoms with van der Waals surface area (Å²) in [6.45, 7) is 2.43. The molecule has 0 saturated carbocycles. The Kier molecular flexibility index (Phi) is 4.48. The quantitative estimate of drug-likeness (QED) is 0.775. The zero-order valence-electron chi connectivity index (χ0n) is 15.5. The highest BCUT2D eigenvalue weighted by molar-refractivity contribution is 5.75. The predicted molar refractivity (Wildman–Crippen MR) is 102 cm³/mol. The van der Waals surface area contributed by atoms with Crippen molar-refractivity contribution in [2.24, 2.45) is 0 Å². The average Bonchev–Trinajstić information content (AvgIpc) is 2.67. The number of anilines is 2. The van der Waals surface area contributed by atoms with E-state index < -0.39 is 0 Å². The van der Waals surface area contributed by atoms with E-state index in [-0.39, 0.29) is 24.8 Å². The maximum Gasteiger partial charge on any atom is 0.309 e. The molecule has 0 radical (unpaired) electrons. The van der Waals surface area contributed by atoms with E-state index in [9.17, 15) is 9.59 Å². The molecular formula is C21H22N2O4. The highest BCUT2D eigenvalue weighted by Gasteiger charge is 2.29. The van der Waals surface area contributed by atoms with Crippen LogP contribution in [0.3, 0.4) is 0 Å². The zero-order chi connectivity index (χ0) is 19.0. The number of methoxy groups -OCH3 is 2. The minimum absolute atomic E-state index is 0.227. The molecule has 27 heavy (non-hydrogen) atoms. The van der Waals surface area contributed by atoms with Crippen LogP contribution >= 0.6 is 0 Å². The van der Waals surface area contributed by atoms with Crippen molar-refractivity contribution in [1.29, 1.82) is 0 Å². The van der Waals surface area contributed by atoms with Gasteiger partial charge in [-0.05, 0) is 34.4 Å². The van der Waals surface area contributed by atoms with Gasteiger partial charge in [-0.3, -0.25) is 9.59 Å². The molecule has 0 unspecified atom stereocenters. The van der Waals surface area contributed by atoms with Crippen molar-refractivity contribution in [3.05, 3.63) is 58.7 Å². The van der Waals surface area contributed by atoms with Crippen molar-refractivity contribution in [2.45, 2.75) is 25.9 Å². The average molecular weight is 366 g/mol. The third kappa shape index (κ3) is 3.35. The van der Waals surface area contributed by atoms with Gasteiger partial charge < -0.3 is 19.3 Å². The summed E-state index contributed by atoms with van der Waals surface area (Å²) >= 11 is 0. The summed E-state index contributed by atoms with van der Waals surface area (Å²) in [4.78, 5) is 27.8. The Morgan fingerprint density at radius 3 is 1.67 bits per heavy atom. The number of benzene rings is 2. The second kappa shape index (κ2) is 6.95. The van der Waals surface area contributed by atoms with Gasteiger partial charge in [-0.1, -0.05) is 24.3 Å². The molecule has 2 heterocycles. The van der Waals surface area contributed by atoms with E-state index in [0.717, 1.165) is 30.9 Å². The van der Waals surface area contributed by atoms with Crippen LogP contribution in [0.5, 0.6) is 0 Å². The lowest BCUT2D eigenvalue weighted by Gasteiger charge is -2.45. The van der Waals surface area contributed by atoms with E-state index in [1.165, 1.54) is 36.7 Å². The first kappa shape index (κ1) is 17.4. The Morgan fingerprint density at radius 2 is 1.26 bits per heavy atom. The van der Waals surface area contributed by atoms with Gasteiger partial charge >= 0.3 is 11.9 Å². The van der Waals surface area contributed by atoms with Gasteiger partial charge in [-0.15, -0.1) is 0 Å². The summed E-state index contributed by atoms with van der Waals surface area (Å²) in [5, 5.41) is 0. The van der Waals surface area contributed by atoms with Crippen LogP contribution in [-0.2, 0) is 45.0 Å². The maximum absolute atomic E-state index is 11.6. The Bertz CT molecular complexity index is 836. The van der Waals surface area contributed by atoms with Gasteiger partial charge in [0.25, 0.3) is 0 Å². The second-order valence-corrected chi connectivity index (χ2v) is 6.97. The van der Waals surface area contributed by atoms with Crippen molar-refractivity contribution in [1.82, 2.24) is 0 Å². The van der Waals surface area contributed by atoms with Crippen molar-refractivity contribution < 1.29 is 19.1 Å². The molecule has 6 heteroatoms. The number of hydrogen-bond acceptors (Lipinski definition) is 6. The number of ether oxygens (including phenoxy) is 2. The Labute approximate surface area is 158 Å². The van der Waals surface area contributed by atoms with Gasteiger partial charge in [0.1, 0.15) is 0 Å². The fourth-order valence-corrected chi connectivity index (χ4v) is 3.89. The molecule has 0 spiro atoms. The lowest BCUT2D eigenvalue weighted by molar-refractivity contribution is -0.140. The monoisotopic (exact) mass is 366 g/mol. The minimum atomic E-state index is -0.227. The lowest BCUT2D eigenvalue weighted by Crippen LogP contribution is -2.46. The zero-order valence-corrected chi connectivity index (χ0v) is 15.5. The van der Waals surface area contributed by atoms with E-state index in [1.54, 1.807) is 0 Å². The van der Waals surface area contributed by atoms with Crippen LogP contribution in [0.2, 0.25) is 0 Å². The molecule has 0 N–H and O–H groups in total. The van der Waals surface area contributed by atoms with Crippen molar-refractivity contribution in [2.75, 3.05) is 30.7 Å². The van der Waals surface area contributed by atoms with Gasteiger partial charge in [0.2, 0.25) is 0 Å². The third-order valence-electron chi connectivity index (χ3n) is 5.19. The molecular weight excluding hydrogens is 344 g/mol. The molecule has 2 bridgehead atoms. The first-order valence-corrected chi connectivity index (χ1v) is 8.94. The molecule has 2 aromatic rings. The number of hydrogen-bond donors (Lipinski definition) is 0. The topological polar surface area (TPSA) is 59.1 Å². The molecule has 140 valence electrons. The molecule has 2 aliphatic rings. The fraction of sp³-hybridized carbons (Fsp3) is 0.333. The molecule has 0 aromatic heterocycles. The van der Waals surface area contributed by atoms with Gasteiger partial charge in [0, 0.05) is 24.5 Å². The summed E-state index contributed by atoms with van der Waals surface area (Å²) in [6, 6.07) is 12.4. The van der Waals surface area contributed by atoms with E-state index >= 15 is 0 Å². The van der Waals surface area contributed by atoms with E-state index in [2.05, 4.69) is 34.1 Å². The molecule has 0 aliphatic carbocycles. The number of carbonyl (C=O) groups is 2. The van der Waals surface area contributed by atoms with Gasteiger partial charge in [0.15, 0.2) is 0 Å². The molecule has 4 rings (SSSR count). The van der Waals surface area contributed by atoms with Crippen molar-refractivity contribution in [3.8, 4) is 0 Å². The number of carbonyl (C=O) groups excluding carboxylic acids is 2. The number of esters is 2. The Balaban J connectivity index is 1.60. The minimum Gasteiger partial charge on any atom is -0.469 e. The molecule has 0 atom stereocenters. The summed E-state index contributed by atoms with van der Waals surface area (Å²) in [6.07, 6.45) is 0.578. The Hall–Kier alpha value is -3.02. The first-order valence-electron chi connectivity index (χ1n) is 8.94. The fourth-order valence-electron chi connectivity index (χ4n) is 3.89. The predicted octanol–water partition coefficient (Wildman–Crippen LogP) is 2.42. The van der Waals surface area contributed by atoms with E-state index in [1.807, 2.05) is 12.1 Å². The number of rotatable bonds is 4. The van der Waals surface area contributed by atoms with Crippen LogP contribution in [0.25, 0.3) is 0 Å². The maximum atomic E-state index is 11.6. The van der Waals surface area contributed by atoms with E-state index in [0.29, 0.717) is 0 Å². The Morgan fingerprint density at radius 1 is 0.815 bits per heavy atom. The lowest BCUT2D eigenvalue weighted by atomic mass is 9.97. The van der Waals surface area contributed by atoms with Gasteiger partial charge in [-0.2, -0.15) is 0 Å². The van der Waals surface area contributed by atoms with Gasteiger partial charge in [-0.25, -0.2) is 0 Å². The first-order chi connectivity index (χ1) is 13.1. The molecule has 0 amide bonds. The van der Waals surface area contributed by atoms with Crippen molar-refractivity contribution in [3.63, 3.8) is 0 Å². The normalized spacial score (nSPS) is 14.3. The largest absolute Gasteiger partial charge is 0.469 e. The molecule has 0 saturated heterocycles. The SMILES string of the molecule is COC(=O)Cc1ccc2c(c1)CN1CN2Cc2cc(CC(=O)OC)ccc21. The third-order valence-corrected chi connectivity index (χ3v) is 5.19. The number of fused-ring (bicyclic) bond motifs is 6. The van der Waals surface area contributed by atoms with Crippen LogP contribution in [0, 0.1) is 0 Å². The highest BCUT2D eigenvalue weighted by Crippen LogP contribution is 2.38. The smallest absolute Gasteiger partial charge is 0.309 e. The second-order valence-electron chi connectivity index (χ2n) is 6.97. The van der Waals surface area contributed by atoms with Gasteiger partial charge in [0.05, 0.1) is 33.7 Å². The van der Waals surface area contributed by atoms with Crippen LogP contribution < -0.4 is 9.80 Å². The summed E-state index contributed by atoms with van der Waals surface area (Å²) < 4.78 is 9.55. The molecule has 2 aliphatic heterocycles. The summed E-state index contributed by atoms with van der Waals surface area (Å²) in [7, 11) is 2.82. The van der Waals surface area contributed by atoms with Crippen LogP contribution in [0.1, 0.15) is 22.3 Å². The summed E-state index contributed by atoms with van der Waals surface area (Å²) in [5.74, 6) is -0.454. The van der Waals surface area contributed by atoms with Crippen LogP contribution in [-0.4, -0.2) is 32.8 Å². The molecule has 2 aromatic carbocycles. The standard InChI is InChI=1S/C21H22N2O4/c1-26-20(24)9-14-3-5-18-16(7-14)11-22-13-23(18)12-17-8-15(4-6-19(17)22)10-21(25)27-2/h3-8H,9-13H2,1-2H3. The highest BCUT2D eigenvalue weighted by atomic mass is 16.5. The van der Waals surface area contributed by atoms with Crippen LogP contribution in [0.4, 0.5) is 11.4 Å².